The number of ether oxygens (including phenoxy) is 1. The molecule has 1 heterocycles. The van der Waals surface area contributed by atoms with Crippen LogP contribution in [0.3, 0.4) is 0 Å². The van der Waals surface area contributed by atoms with Crippen molar-refractivity contribution in [1.82, 2.24) is 5.32 Å². The van der Waals surface area contributed by atoms with E-state index >= 15 is 0 Å². The average Bonchev–Trinajstić information content (AvgIpc) is 2.43. The molecule has 0 bridgehead atoms. The summed E-state index contributed by atoms with van der Waals surface area (Å²) in [5, 5.41) is 3.75. The highest BCUT2D eigenvalue weighted by Crippen LogP contribution is 2.45. The summed E-state index contributed by atoms with van der Waals surface area (Å²) in [6, 6.07) is 0.559. The first-order valence-electron chi connectivity index (χ1n) is 8.80. The minimum absolute atomic E-state index is 0.00903. The maximum atomic E-state index is 6.32. The van der Waals surface area contributed by atoms with E-state index < -0.39 is 0 Å². The normalized spacial score (nSPS) is 27.6. The van der Waals surface area contributed by atoms with E-state index in [2.05, 4.69) is 67.6 Å². The first kappa shape index (κ1) is 19.0. The van der Waals surface area contributed by atoms with Crippen LogP contribution in [0.2, 0.25) is 0 Å². The van der Waals surface area contributed by atoms with Crippen molar-refractivity contribution in [1.29, 1.82) is 0 Å². The van der Waals surface area contributed by atoms with Gasteiger partial charge in [0.1, 0.15) is 0 Å². The van der Waals surface area contributed by atoms with E-state index in [0.29, 0.717) is 17.4 Å². The molecule has 2 heteroatoms. The zero-order valence-electron chi connectivity index (χ0n) is 16.0. The van der Waals surface area contributed by atoms with Gasteiger partial charge in [0.25, 0.3) is 0 Å². The third kappa shape index (κ3) is 5.90. The second-order valence-electron chi connectivity index (χ2n) is 9.55. The second kappa shape index (κ2) is 6.58. The number of hydrogen-bond donors (Lipinski definition) is 1. The van der Waals surface area contributed by atoms with Crippen molar-refractivity contribution in [2.75, 3.05) is 6.54 Å². The van der Waals surface area contributed by atoms with Crippen LogP contribution < -0.4 is 5.32 Å². The van der Waals surface area contributed by atoms with E-state index in [4.69, 9.17) is 4.74 Å². The van der Waals surface area contributed by atoms with Gasteiger partial charge in [-0.05, 0) is 64.8 Å². The third-order valence-electron chi connectivity index (χ3n) is 4.71. The Labute approximate surface area is 133 Å². The Balaban J connectivity index is 2.77. The van der Waals surface area contributed by atoms with Crippen LogP contribution in [0.5, 0.6) is 0 Å². The minimum atomic E-state index is -0.0300. The van der Waals surface area contributed by atoms with Gasteiger partial charge in [0.15, 0.2) is 0 Å². The van der Waals surface area contributed by atoms with Crippen molar-refractivity contribution < 1.29 is 4.74 Å². The van der Waals surface area contributed by atoms with Gasteiger partial charge in [0, 0.05) is 12.0 Å². The van der Waals surface area contributed by atoms with E-state index in [-0.39, 0.29) is 11.2 Å². The first-order chi connectivity index (χ1) is 9.36. The van der Waals surface area contributed by atoms with Crippen LogP contribution in [-0.4, -0.2) is 23.8 Å². The standard InChI is InChI=1S/C19H39NO/c1-10-20-16(11-14(2)12-17(3,4)5)15-13-18(6,7)21-19(15,8)9/h14-16,20H,10-13H2,1-9H3. The summed E-state index contributed by atoms with van der Waals surface area (Å²) < 4.78 is 6.32. The molecule has 0 amide bonds. The number of nitrogens with one attached hydrogen (secondary N) is 1. The Kier molecular flexibility index (Phi) is 5.94. The molecule has 1 aliphatic heterocycles. The molecule has 0 radical (unpaired) electrons. The highest BCUT2D eigenvalue weighted by atomic mass is 16.5. The van der Waals surface area contributed by atoms with E-state index in [1.807, 2.05) is 0 Å². The van der Waals surface area contributed by atoms with Gasteiger partial charge in [-0.25, -0.2) is 0 Å². The molecule has 3 atom stereocenters. The van der Waals surface area contributed by atoms with Crippen LogP contribution >= 0.6 is 0 Å². The van der Waals surface area contributed by atoms with Crippen LogP contribution in [-0.2, 0) is 4.74 Å². The maximum Gasteiger partial charge on any atom is 0.0677 e. The summed E-state index contributed by atoms with van der Waals surface area (Å²) >= 11 is 0. The Bertz CT molecular complexity index is 327. The first-order valence-corrected chi connectivity index (χ1v) is 8.80. The molecule has 2 nitrogen and oxygen atoms in total. The van der Waals surface area contributed by atoms with Gasteiger partial charge in [-0.1, -0.05) is 34.6 Å². The van der Waals surface area contributed by atoms with Gasteiger partial charge in [-0.3, -0.25) is 0 Å². The quantitative estimate of drug-likeness (QED) is 0.743. The fourth-order valence-electron chi connectivity index (χ4n) is 4.45. The molecule has 0 aromatic heterocycles. The monoisotopic (exact) mass is 297 g/mol. The van der Waals surface area contributed by atoms with Crippen LogP contribution in [0, 0.1) is 17.3 Å². The Morgan fingerprint density at radius 3 is 2.14 bits per heavy atom. The lowest BCUT2D eigenvalue weighted by Crippen LogP contribution is -2.45. The molecule has 0 aromatic carbocycles. The van der Waals surface area contributed by atoms with Gasteiger partial charge in [-0.2, -0.15) is 0 Å². The van der Waals surface area contributed by atoms with Gasteiger partial charge >= 0.3 is 0 Å². The van der Waals surface area contributed by atoms with Crippen LogP contribution in [0.1, 0.15) is 81.6 Å². The van der Waals surface area contributed by atoms with Crippen LogP contribution in [0.15, 0.2) is 0 Å². The van der Waals surface area contributed by atoms with E-state index in [9.17, 15) is 0 Å². The molecule has 1 aliphatic rings. The van der Waals surface area contributed by atoms with Crippen molar-refractivity contribution in [2.45, 2.75) is 98.8 Å². The SMILES string of the molecule is CCNC(CC(C)CC(C)(C)C)C1CC(C)(C)OC1(C)C. The fourth-order valence-corrected chi connectivity index (χ4v) is 4.45. The second-order valence-corrected chi connectivity index (χ2v) is 9.55. The van der Waals surface area contributed by atoms with Gasteiger partial charge in [-0.15, -0.1) is 0 Å². The Morgan fingerprint density at radius 1 is 1.19 bits per heavy atom. The molecule has 3 unspecified atom stereocenters. The van der Waals surface area contributed by atoms with Crippen LogP contribution in [0.25, 0.3) is 0 Å². The molecular formula is C19H39NO. The number of hydrogen-bond acceptors (Lipinski definition) is 2. The van der Waals surface area contributed by atoms with E-state index in [1.165, 1.54) is 12.8 Å². The molecule has 1 rings (SSSR count). The smallest absolute Gasteiger partial charge is 0.0677 e. The summed E-state index contributed by atoms with van der Waals surface area (Å²) in [6.45, 7) is 21.7. The average molecular weight is 298 g/mol. The van der Waals surface area contributed by atoms with Crippen molar-refractivity contribution in [3.8, 4) is 0 Å². The van der Waals surface area contributed by atoms with Crippen molar-refractivity contribution >= 4 is 0 Å². The lowest BCUT2D eigenvalue weighted by molar-refractivity contribution is -0.0783. The number of rotatable bonds is 6. The molecule has 126 valence electrons. The predicted molar refractivity (Wildman–Crippen MR) is 92.7 cm³/mol. The molecule has 1 fully saturated rings. The summed E-state index contributed by atoms with van der Waals surface area (Å²) in [7, 11) is 0. The van der Waals surface area contributed by atoms with Crippen LogP contribution in [0.4, 0.5) is 0 Å². The third-order valence-corrected chi connectivity index (χ3v) is 4.71. The van der Waals surface area contributed by atoms with Crippen molar-refractivity contribution in [3.63, 3.8) is 0 Å². The Hall–Kier alpha value is -0.0800. The molecule has 0 saturated carbocycles. The summed E-state index contributed by atoms with van der Waals surface area (Å²) in [5.74, 6) is 1.34. The summed E-state index contributed by atoms with van der Waals surface area (Å²) in [4.78, 5) is 0. The molecule has 0 spiro atoms. The van der Waals surface area contributed by atoms with Gasteiger partial charge in [0.2, 0.25) is 0 Å². The highest BCUT2D eigenvalue weighted by molar-refractivity contribution is 4.99. The molecular weight excluding hydrogens is 258 g/mol. The molecule has 1 N–H and O–H groups in total. The Morgan fingerprint density at radius 2 is 1.76 bits per heavy atom. The lowest BCUT2D eigenvalue weighted by atomic mass is 9.76. The highest BCUT2D eigenvalue weighted by Gasteiger charge is 2.48. The van der Waals surface area contributed by atoms with Crippen molar-refractivity contribution in [2.24, 2.45) is 17.3 Å². The van der Waals surface area contributed by atoms with Gasteiger partial charge in [0.05, 0.1) is 11.2 Å². The molecule has 1 saturated heterocycles. The summed E-state index contributed by atoms with van der Waals surface area (Å²) in [6.07, 6.45) is 3.69. The lowest BCUT2D eigenvalue weighted by Gasteiger charge is -2.36. The fraction of sp³-hybridized carbons (Fsp3) is 1.00. The minimum Gasteiger partial charge on any atom is -0.369 e. The predicted octanol–water partition coefficient (Wildman–Crippen LogP) is 5.02. The maximum absolute atomic E-state index is 6.32. The molecule has 0 aliphatic carbocycles. The van der Waals surface area contributed by atoms with Gasteiger partial charge < -0.3 is 10.1 Å². The largest absolute Gasteiger partial charge is 0.369 e. The summed E-state index contributed by atoms with van der Waals surface area (Å²) in [5.41, 5.74) is 0.393. The van der Waals surface area contributed by atoms with E-state index in [0.717, 1.165) is 18.9 Å². The molecule has 0 aromatic rings. The molecule has 21 heavy (non-hydrogen) atoms. The zero-order chi connectivity index (χ0) is 16.5. The van der Waals surface area contributed by atoms with E-state index in [1.54, 1.807) is 0 Å². The topological polar surface area (TPSA) is 21.3 Å². The van der Waals surface area contributed by atoms with Crippen molar-refractivity contribution in [3.05, 3.63) is 0 Å². The zero-order valence-corrected chi connectivity index (χ0v) is 16.0.